The number of amides is 1. The number of nitrogens with one attached hydrogen (secondary N) is 2. The van der Waals surface area contributed by atoms with E-state index in [0.29, 0.717) is 24.4 Å². The Bertz CT molecular complexity index is 700. The van der Waals surface area contributed by atoms with Crippen molar-refractivity contribution in [3.05, 3.63) is 41.1 Å². The molecule has 0 aliphatic rings. The van der Waals surface area contributed by atoms with Crippen LogP contribution in [0.25, 0.3) is 0 Å². The molecule has 136 valence electrons. The zero-order valence-corrected chi connectivity index (χ0v) is 16.0. The summed E-state index contributed by atoms with van der Waals surface area (Å²) in [6, 6.07) is 5.76. The van der Waals surface area contributed by atoms with Gasteiger partial charge in [0.15, 0.2) is 0 Å². The fourth-order valence-corrected chi connectivity index (χ4v) is 2.78. The van der Waals surface area contributed by atoms with Gasteiger partial charge in [0, 0.05) is 12.5 Å². The van der Waals surface area contributed by atoms with Gasteiger partial charge in [0.05, 0.1) is 6.20 Å². The number of phenolic OH excluding ortho intramolecular Hbond substituents is 1. The Morgan fingerprint density at radius 1 is 1.12 bits per heavy atom. The van der Waals surface area contributed by atoms with Crippen molar-refractivity contribution in [1.82, 2.24) is 10.2 Å². The lowest BCUT2D eigenvalue weighted by atomic mass is 9.78. The van der Waals surface area contributed by atoms with E-state index >= 15 is 0 Å². The van der Waals surface area contributed by atoms with Gasteiger partial charge in [0.25, 0.3) is 0 Å². The molecular formula is C20H29N3O2. The number of carbonyl (C=O) groups is 1. The molecule has 0 aliphatic heterocycles. The second-order valence-corrected chi connectivity index (χ2v) is 8.56. The van der Waals surface area contributed by atoms with Gasteiger partial charge in [-0.3, -0.25) is 9.89 Å². The van der Waals surface area contributed by atoms with Crippen LogP contribution in [0.3, 0.4) is 0 Å². The number of benzene rings is 1. The summed E-state index contributed by atoms with van der Waals surface area (Å²) in [4.78, 5) is 12.1. The number of aromatic amines is 1. The van der Waals surface area contributed by atoms with E-state index in [1.165, 1.54) is 0 Å². The van der Waals surface area contributed by atoms with E-state index in [-0.39, 0.29) is 16.7 Å². The zero-order chi connectivity index (χ0) is 18.8. The highest BCUT2D eigenvalue weighted by molar-refractivity contribution is 5.89. The third-order valence-electron chi connectivity index (χ3n) is 4.20. The van der Waals surface area contributed by atoms with Crippen molar-refractivity contribution in [3.63, 3.8) is 0 Å². The summed E-state index contributed by atoms with van der Waals surface area (Å²) in [7, 11) is 0. The van der Waals surface area contributed by atoms with E-state index in [2.05, 4.69) is 57.1 Å². The maximum absolute atomic E-state index is 12.1. The third kappa shape index (κ3) is 4.84. The van der Waals surface area contributed by atoms with Gasteiger partial charge in [-0.05, 0) is 33.9 Å². The Balaban J connectivity index is 2.23. The van der Waals surface area contributed by atoms with Crippen LogP contribution in [0, 0.1) is 0 Å². The van der Waals surface area contributed by atoms with Crippen molar-refractivity contribution < 1.29 is 9.90 Å². The smallest absolute Gasteiger partial charge is 0.225 e. The highest BCUT2D eigenvalue weighted by Crippen LogP contribution is 2.39. The Kier molecular flexibility index (Phi) is 5.26. The molecule has 2 rings (SSSR count). The predicted molar refractivity (Wildman–Crippen MR) is 101 cm³/mol. The molecule has 0 spiro atoms. The SMILES string of the molecule is CC(C)(C)c1cc(CCC(=O)Nc2ccn[nH]2)cc(C(C)(C)C)c1O. The van der Waals surface area contributed by atoms with Gasteiger partial charge in [-0.25, -0.2) is 0 Å². The molecular weight excluding hydrogens is 314 g/mol. The number of hydrogen-bond acceptors (Lipinski definition) is 3. The van der Waals surface area contributed by atoms with Gasteiger partial charge in [-0.15, -0.1) is 0 Å². The van der Waals surface area contributed by atoms with Crippen molar-refractivity contribution in [2.45, 2.75) is 65.2 Å². The molecule has 0 saturated heterocycles. The quantitative estimate of drug-likeness (QED) is 0.775. The van der Waals surface area contributed by atoms with E-state index in [1.54, 1.807) is 12.3 Å². The van der Waals surface area contributed by atoms with Crippen LogP contribution < -0.4 is 5.32 Å². The van der Waals surface area contributed by atoms with E-state index in [0.717, 1.165) is 16.7 Å². The number of anilines is 1. The molecule has 3 N–H and O–H groups in total. The van der Waals surface area contributed by atoms with E-state index in [1.807, 2.05) is 12.1 Å². The minimum Gasteiger partial charge on any atom is -0.507 e. The molecule has 5 heteroatoms. The van der Waals surface area contributed by atoms with Crippen LogP contribution in [-0.4, -0.2) is 21.2 Å². The number of rotatable bonds is 4. The molecule has 0 bridgehead atoms. The molecule has 5 nitrogen and oxygen atoms in total. The largest absolute Gasteiger partial charge is 0.507 e. The van der Waals surface area contributed by atoms with Gasteiger partial charge >= 0.3 is 0 Å². The highest BCUT2D eigenvalue weighted by Gasteiger charge is 2.26. The Hall–Kier alpha value is -2.30. The molecule has 0 saturated carbocycles. The summed E-state index contributed by atoms with van der Waals surface area (Å²) in [6.45, 7) is 12.5. The average molecular weight is 343 g/mol. The van der Waals surface area contributed by atoms with E-state index in [9.17, 15) is 9.90 Å². The first-order chi connectivity index (χ1) is 11.5. The number of phenols is 1. The van der Waals surface area contributed by atoms with Crippen LogP contribution in [0.1, 0.15) is 64.7 Å². The fraction of sp³-hybridized carbons (Fsp3) is 0.500. The first-order valence-electron chi connectivity index (χ1n) is 8.64. The summed E-state index contributed by atoms with van der Waals surface area (Å²) in [5.74, 6) is 0.902. The molecule has 1 heterocycles. The summed E-state index contributed by atoms with van der Waals surface area (Å²) in [6.07, 6.45) is 2.59. The maximum Gasteiger partial charge on any atom is 0.225 e. The summed E-state index contributed by atoms with van der Waals surface area (Å²) < 4.78 is 0. The lowest BCUT2D eigenvalue weighted by molar-refractivity contribution is -0.116. The zero-order valence-electron chi connectivity index (χ0n) is 16.0. The van der Waals surface area contributed by atoms with Crippen LogP contribution in [0.2, 0.25) is 0 Å². The maximum atomic E-state index is 12.1. The molecule has 0 atom stereocenters. The molecule has 0 fully saturated rings. The minimum atomic E-state index is -0.168. The Morgan fingerprint density at radius 3 is 2.12 bits per heavy atom. The van der Waals surface area contributed by atoms with E-state index < -0.39 is 0 Å². The number of H-pyrrole nitrogens is 1. The summed E-state index contributed by atoms with van der Waals surface area (Å²) in [5.41, 5.74) is 2.57. The molecule has 25 heavy (non-hydrogen) atoms. The Labute approximate surface area is 149 Å². The first kappa shape index (κ1) is 19.0. The van der Waals surface area contributed by atoms with E-state index in [4.69, 9.17) is 0 Å². The second-order valence-electron chi connectivity index (χ2n) is 8.56. The number of aromatic nitrogens is 2. The monoisotopic (exact) mass is 343 g/mol. The molecule has 1 aromatic carbocycles. The average Bonchev–Trinajstić information content (AvgIpc) is 2.96. The first-order valence-corrected chi connectivity index (χ1v) is 8.64. The lowest BCUT2D eigenvalue weighted by Gasteiger charge is -2.28. The van der Waals surface area contributed by atoms with Crippen molar-refractivity contribution in [2.75, 3.05) is 5.32 Å². The standard InChI is InChI=1S/C20H29N3O2/c1-19(2,3)14-11-13(12-15(18(14)25)20(4,5)6)7-8-17(24)22-16-9-10-21-23-16/h9-12,25H,7-8H2,1-6H3,(H2,21,22,23,24). The van der Waals surface area contributed by atoms with Crippen molar-refractivity contribution in [2.24, 2.45) is 0 Å². The topological polar surface area (TPSA) is 78.0 Å². The van der Waals surface area contributed by atoms with Gasteiger partial charge in [0.1, 0.15) is 11.6 Å². The number of aromatic hydroxyl groups is 1. The Morgan fingerprint density at radius 2 is 1.68 bits per heavy atom. The van der Waals surface area contributed by atoms with Gasteiger partial charge < -0.3 is 10.4 Å². The molecule has 0 radical (unpaired) electrons. The number of hydrogen-bond donors (Lipinski definition) is 3. The van der Waals surface area contributed by atoms with Crippen molar-refractivity contribution >= 4 is 11.7 Å². The van der Waals surface area contributed by atoms with Crippen LogP contribution in [0.5, 0.6) is 5.75 Å². The number of aryl methyl sites for hydroxylation is 1. The van der Waals surface area contributed by atoms with Gasteiger partial charge in [0.2, 0.25) is 5.91 Å². The third-order valence-corrected chi connectivity index (χ3v) is 4.20. The molecule has 1 aromatic heterocycles. The van der Waals surface area contributed by atoms with Crippen LogP contribution in [0.4, 0.5) is 5.82 Å². The van der Waals surface area contributed by atoms with Gasteiger partial charge in [-0.2, -0.15) is 5.10 Å². The minimum absolute atomic E-state index is 0.0630. The molecule has 1 amide bonds. The number of carbonyl (C=O) groups excluding carboxylic acids is 1. The normalized spacial score (nSPS) is 12.2. The van der Waals surface area contributed by atoms with Crippen molar-refractivity contribution in [1.29, 1.82) is 0 Å². The van der Waals surface area contributed by atoms with Gasteiger partial charge in [-0.1, -0.05) is 53.7 Å². The van der Waals surface area contributed by atoms with Crippen LogP contribution in [-0.2, 0) is 22.0 Å². The molecule has 0 aliphatic carbocycles. The summed E-state index contributed by atoms with van der Waals surface area (Å²) >= 11 is 0. The lowest BCUT2D eigenvalue weighted by Crippen LogP contribution is -2.18. The van der Waals surface area contributed by atoms with Crippen molar-refractivity contribution in [3.8, 4) is 5.75 Å². The summed E-state index contributed by atoms with van der Waals surface area (Å²) in [5, 5.41) is 20.1. The number of nitrogens with zero attached hydrogens (tertiary/aromatic N) is 1. The molecule has 0 unspecified atom stereocenters. The highest BCUT2D eigenvalue weighted by atomic mass is 16.3. The predicted octanol–water partition coefficient (Wildman–Crippen LogP) is 4.28. The molecule has 2 aromatic rings. The fourth-order valence-electron chi connectivity index (χ4n) is 2.78. The van der Waals surface area contributed by atoms with Crippen LogP contribution in [0.15, 0.2) is 24.4 Å². The second kappa shape index (κ2) is 6.90. The van der Waals surface area contributed by atoms with Crippen LogP contribution >= 0.6 is 0 Å².